The molecule has 2 N–H and O–H groups in total. The number of H-pyrrole nitrogens is 1. The Hall–Kier alpha value is -4.28. The summed E-state index contributed by atoms with van der Waals surface area (Å²) in [7, 11) is 1.25. The van der Waals surface area contributed by atoms with Crippen molar-refractivity contribution < 1.29 is 32.2 Å². The molecule has 3 aromatic rings. The number of ether oxygens (including phenoxy) is 2. The van der Waals surface area contributed by atoms with Crippen LogP contribution in [0.3, 0.4) is 0 Å². The Balaban J connectivity index is 1.53. The number of alkyl halides is 3. The van der Waals surface area contributed by atoms with E-state index in [4.69, 9.17) is 4.74 Å². The summed E-state index contributed by atoms with van der Waals surface area (Å²) in [5.74, 6) is -1.18. The fraction of sp³-hybridized carbons (Fsp3) is 0.269. The molecule has 37 heavy (non-hydrogen) atoms. The molecule has 1 aliphatic rings. The lowest BCUT2D eigenvalue weighted by molar-refractivity contribution is -0.275. The number of nitrogens with zero attached hydrogens (tertiary/aromatic N) is 2. The first-order valence-corrected chi connectivity index (χ1v) is 11.5. The Morgan fingerprint density at radius 1 is 1.16 bits per heavy atom. The van der Waals surface area contributed by atoms with E-state index < -0.39 is 12.1 Å². The fourth-order valence-corrected chi connectivity index (χ4v) is 4.01. The van der Waals surface area contributed by atoms with Crippen molar-refractivity contribution in [2.24, 2.45) is 11.0 Å². The topological polar surface area (TPSA) is 96.0 Å². The minimum Gasteiger partial charge on any atom is -0.493 e. The molecule has 1 atom stereocenters. The number of halogens is 3. The van der Waals surface area contributed by atoms with E-state index in [1.54, 1.807) is 42.6 Å². The molecule has 8 nitrogen and oxygen atoms in total. The number of hydrogen-bond acceptors (Lipinski definition) is 5. The van der Waals surface area contributed by atoms with E-state index in [-0.39, 0.29) is 36.4 Å². The first kappa shape index (κ1) is 25.8. The Morgan fingerprint density at radius 2 is 1.92 bits per heavy atom. The van der Waals surface area contributed by atoms with Crippen LogP contribution in [0.2, 0.25) is 0 Å². The van der Waals surface area contributed by atoms with Crippen molar-refractivity contribution in [1.29, 1.82) is 0 Å². The minimum absolute atomic E-state index is 0.0900. The summed E-state index contributed by atoms with van der Waals surface area (Å²) in [6.45, 7) is 2.11. The van der Waals surface area contributed by atoms with E-state index in [2.05, 4.69) is 20.1 Å². The van der Waals surface area contributed by atoms with Gasteiger partial charge in [-0.15, -0.1) is 13.2 Å². The van der Waals surface area contributed by atoms with Gasteiger partial charge in [0.1, 0.15) is 5.69 Å². The summed E-state index contributed by atoms with van der Waals surface area (Å²) in [4.78, 5) is 27.8. The minimum atomic E-state index is -4.85. The number of carbonyl (C=O) groups excluding carboxylic acids is 2. The van der Waals surface area contributed by atoms with Gasteiger partial charge in [0.2, 0.25) is 5.91 Å². The number of aromatic amines is 1. The molecule has 2 aromatic carbocycles. The van der Waals surface area contributed by atoms with Crippen LogP contribution in [-0.2, 0) is 11.3 Å². The molecule has 1 aromatic heterocycles. The molecule has 2 amide bonds. The fourth-order valence-electron chi connectivity index (χ4n) is 4.01. The lowest BCUT2D eigenvalue weighted by atomic mass is 9.89. The molecule has 2 heterocycles. The second kappa shape index (κ2) is 10.8. The first-order chi connectivity index (χ1) is 17.7. The zero-order chi connectivity index (χ0) is 26.6. The largest absolute Gasteiger partial charge is 0.573 e. The van der Waals surface area contributed by atoms with Gasteiger partial charge in [-0.1, -0.05) is 19.1 Å². The highest BCUT2D eigenvalue weighted by molar-refractivity contribution is 6.06. The van der Waals surface area contributed by atoms with Crippen molar-refractivity contribution in [2.45, 2.75) is 32.7 Å². The number of anilines is 1. The summed E-state index contributed by atoms with van der Waals surface area (Å²) in [5.41, 5.74) is 2.93. The molecule has 194 valence electrons. The van der Waals surface area contributed by atoms with E-state index in [0.717, 1.165) is 5.56 Å². The van der Waals surface area contributed by atoms with Gasteiger partial charge in [-0.05, 0) is 54.4 Å². The van der Waals surface area contributed by atoms with Crippen LogP contribution in [0.15, 0.2) is 65.9 Å². The number of hydrogen-bond donors (Lipinski definition) is 2. The van der Waals surface area contributed by atoms with Crippen LogP contribution in [0.5, 0.6) is 11.5 Å². The van der Waals surface area contributed by atoms with Gasteiger partial charge in [0.25, 0.3) is 5.91 Å². The standard InChI is InChI=1S/C26H25F3N4O4/c1-3-17-14-23(34)33(15-16-6-9-19(10-7-16)31-25(35)20-5-4-12-30-20)32-24(17)18-8-11-21(22(13-18)36-2)37-26(27,28)29/h4-13,17,30H,3,14-15H2,1-2H3,(H,31,35). The Labute approximate surface area is 211 Å². The third-order valence-electron chi connectivity index (χ3n) is 5.89. The van der Waals surface area contributed by atoms with Crippen LogP contribution >= 0.6 is 0 Å². The first-order valence-electron chi connectivity index (χ1n) is 11.5. The van der Waals surface area contributed by atoms with Gasteiger partial charge in [-0.3, -0.25) is 9.59 Å². The summed E-state index contributed by atoms with van der Waals surface area (Å²) >= 11 is 0. The van der Waals surface area contributed by atoms with Crippen molar-refractivity contribution in [3.05, 3.63) is 77.6 Å². The van der Waals surface area contributed by atoms with Crippen LogP contribution in [-0.4, -0.2) is 41.0 Å². The lowest BCUT2D eigenvalue weighted by Gasteiger charge is -2.29. The van der Waals surface area contributed by atoms with Crippen LogP contribution in [0.4, 0.5) is 18.9 Å². The van der Waals surface area contributed by atoms with Crippen molar-refractivity contribution in [2.75, 3.05) is 12.4 Å². The van der Waals surface area contributed by atoms with Gasteiger partial charge < -0.3 is 19.8 Å². The number of carbonyl (C=O) groups is 2. The Kier molecular flexibility index (Phi) is 7.51. The highest BCUT2D eigenvalue weighted by Gasteiger charge is 2.34. The monoisotopic (exact) mass is 514 g/mol. The third-order valence-corrected chi connectivity index (χ3v) is 5.89. The smallest absolute Gasteiger partial charge is 0.493 e. The number of nitrogens with one attached hydrogen (secondary N) is 2. The van der Waals surface area contributed by atoms with Crippen molar-refractivity contribution >= 4 is 23.2 Å². The summed E-state index contributed by atoms with van der Waals surface area (Å²) in [6, 6.07) is 14.5. The van der Waals surface area contributed by atoms with Crippen LogP contribution in [0.1, 0.15) is 41.4 Å². The molecule has 1 aliphatic heterocycles. The average molecular weight is 515 g/mol. The Morgan fingerprint density at radius 3 is 2.54 bits per heavy atom. The maximum atomic E-state index is 12.8. The molecule has 0 fully saturated rings. The lowest BCUT2D eigenvalue weighted by Crippen LogP contribution is -2.36. The second-order valence-electron chi connectivity index (χ2n) is 8.39. The molecule has 0 saturated carbocycles. The molecular weight excluding hydrogens is 489 g/mol. The van der Waals surface area contributed by atoms with Gasteiger partial charge in [-0.2, -0.15) is 5.10 Å². The number of methoxy groups -OCH3 is 1. The highest BCUT2D eigenvalue weighted by atomic mass is 19.4. The average Bonchev–Trinajstić information content (AvgIpc) is 3.41. The maximum Gasteiger partial charge on any atom is 0.573 e. The van der Waals surface area contributed by atoms with Crippen LogP contribution < -0.4 is 14.8 Å². The zero-order valence-electron chi connectivity index (χ0n) is 20.1. The van der Waals surface area contributed by atoms with Crippen molar-refractivity contribution in [3.63, 3.8) is 0 Å². The van der Waals surface area contributed by atoms with E-state index >= 15 is 0 Å². The maximum absolute atomic E-state index is 12.8. The quantitative estimate of drug-likeness (QED) is 0.424. The van der Waals surface area contributed by atoms with Crippen molar-refractivity contribution in [1.82, 2.24) is 9.99 Å². The van der Waals surface area contributed by atoms with E-state index in [1.807, 2.05) is 6.92 Å². The number of benzene rings is 2. The third kappa shape index (κ3) is 6.29. The summed E-state index contributed by atoms with van der Waals surface area (Å²) < 4.78 is 47.3. The van der Waals surface area contributed by atoms with Crippen LogP contribution in [0.25, 0.3) is 0 Å². The van der Waals surface area contributed by atoms with Gasteiger partial charge in [-0.25, -0.2) is 5.01 Å². The van der Waals surface area contributed by atoms with Crippen molar-refractivity contribution in [3.8, 4) is 11.5 Å². The highest BCUT2D eigenvalue weighted by Crippen LogP contribution is 2.35. The zero-order valence-corrected chi connectivity index (χ0v) is 20.1. The SMILES string of the molecule is CCC1CC(=O)N(Cc2ccc(NC(=O)c3ccc[nH]3)cc2)N=C1c1ccc(OC(F)(F)F)c(OC)c1. The molecule has 4 rings (SSSR count). The number of amides is 2. The normalized spacial score (nSPS) is 15.8. The predicted octanol–water partition coefficient (Wildman–Crippen LogP) is 5.34. The molecule has 1 unspecified atom stereocenters. The molecule has 11 heteroatoms. The van der Waals surface area contributed by atoms with Crippen LogP contribution in [0, 0.1) is 5.92 Å². The number of hydrazone groups is 1. The van der Waals surface area contributed by atoms with Gasteiger partial charge in [0.15, 0.2) is 11.5 Å². The molecular formula is C26H25F3N4O4. The summed E-state index contributed by atoms with van der Waals surface area (Å²) in [6.07, 6.45) is -2.36. The predicted molar refractivity (Wildman–Crippen MR) is 130 cm³/mol. The second-order valence-corrected chi connectivity index (χ2v) is 8.39. The van der Waals surface area contributed by atoms with E-state index in [1.165, 1.54) is 30.3 Å². The van der Waals surface area contributed by atoms with Gasteiger partial charge >= 0.3 is 6.36 Å². The van der Waals surface area contributed by atoms with Gasteiger partial charge in [0.05, 0.1) is 19.4 Å². The van der Waals surface area contributed by atoms with E-state index in [0.29, 0.717) is 29.1 Å². The molecule has 0 saturated heterocycles. The Bertz CT molecular complexity index is 1290. The molecule has 0 aliphatic carbocycles. The molecule has 0 bridgehead atoms. The molecule has 0 radical (unpaired) electrons. The number of rotatable bonds is 8. The number of aromatic nitrogens is 1. The summed E-state index contributed by atoms with van der Waals surface area (Å²) in [5, 5.41) is 8.71. The van der Waals surface area contributed by atoms with E-state index in [9.17, 15) is 22.8 Å². The molecule has 0 spiro atoms. The van der Waals surface area contributed by atoms with Gasteiger partial charge in [0, 0.05) is 29.8 Å².